The van der Waals surface area contributed by atoms with Crippen molar-refractivity contribution in [1.82, 2.24) is 5.32 Å². The van der Waals surface area contributed by atoms with E-state index in [1.807, 2.05) is 24.3 Å². The van der Waals surface area contributed by atoms with Gasteiger partial charge in [-0.3, -0.25) is 0 Å². The molecule has 0 amide bonds. The highest BCUT2D eigenvalue weighted by Gasteiger charge is 2.26. The van der Waals surface area contributed by atoms with Crippen molar-refractivity contribution in [2.24, 2.45) is 0 Å². The van der Waals surface area contributed by atoms with Gasteiger partial charge in [0, 0.05) is 11.0 Å². The molecule has 1 aromatic carbocycles. The molecule has 17 heavy (non-hydrogen) atoms. The second-order valence-electron chi connectivity index (χ2n) is 4.19. The van der Waals surface area contributed by atoms with Crippen molar-refractivity contribution in [1.29, 1.82) is 0 Å². The van der Waals surface area contributed by atoms with Gasteiger partial charge in [0.2, 0.25) is 0 Å². The van der Waals surface area contributed by atoms with Crippen LogP contribution >= 0.6 is 15.9 Å². The van der Waals surface area contributed by atoms with Crippen molar-refractivity contribution in [2.45, 2.75) is 18.2 Å². The molecule has 2 rings (SSSR count). The van der Waals surface area contributed by atoms with Crippen molar-refractivity contribution in [3.8, 4) is 0 Å². The number of halogens is 1. The first-order valence-electron chi connectivity index (χ1n) is 5.59. The third kappa shape index (κ3) is 3.50. The van der Waals surface area contributed by atoms with Gasteiger partial charge < -0.3 is 20.3 Å². The van der Waals surface area contributed by atoms with Crippen LogP contribution in [-0.4, -0.2) is 42.1 Å². The summed E-state index contributed by atoms with van der Waals surface area (Å²) in [5, 5.41) is 22.6. The number of rotatable bonds is 4. The Morgan fingerprint density at radius 1 is 1.35 bits per heavy atom. The van der Waals surface area contributed by atoms with E-state index >= 15 is 0 Å². The maximum Gasteiger partial charge on any atom is 0.0948 e. The van der Waals surface area contributed by atoms with Crippen LogP contribution in [0.1, 0.15) is 11.7 Å². The molecule has 0 aliphatic carbocycles. The van der Waals surface area contributed by atoms with Gasteiger partial charge >= 0.3 is 0 Å². The van der Waals surface area contributed by atoms with Crippen LogP contribution in [0.25, 0.3) is 0 Å². The second kappa shape index (κ2) is 5.93. The van der Waals surface area contributed by atoms with Gasteiger partial charge in [0.15, 0.2) is 0 Å². The monoisotopic (exact) mass is 301 g/mol. The molecule has 0 aromatic heterocycles. The zero-order valence-electron chi connectivity index (χ0n) is 9.34. The van der Waals surface area contributed by atoms with Gasteiger partial charge in [0.1, 0.15) is 0 Å². The van der Waals surface area contributed by atoms with E-state index in [4.69, 9.17) is 4.74 Å². The predicted molar refractivity (Wildman–Crippen MR) is 67.7 cm³/mol. The first-order chi connectivity index (χ1) is 8.16. The molecule has 0 spiro atoms. The Kier molecular flexibility index (Phi) is 4.53. The van der Waals surface area contributed by atoms with Gasteiger partial charge in [0.25, 0.3) is 0 Å². The summed E-state index contributed by atoms with van der Waals surface area (Å²) < 4.78 is 6.11. The van der Waals surface area contributed by atoms with Gasteiger partial charge in [0.05, 0.1) is 31.5 Å². The largest absolute Gasteiger partial charge is 0.389 e. The van der Waals surface area contributed by atoms with E-state index < -0.39 is 12.2 Å². The Morgan fingerprint density at radius 2 is 2.06 bits per heavy atom. The first-order valence-corrected chi connectivity index (χ1v) is 6.39. The molecule has 0 bridgehead atoms. The molecule has 94 valence electrons. The van der Waals surface area contributed by atoms with Crippen molar-refractivity contribution < 1.29 is 14.9 Å². The quantitative estimate of drug-likeness (QED) is 0.771. The summed E-state index contributed by atoms with van der Waals surface area (Å²) in [5.74, 6) is 0. The minimum Gasteiger partial charge on any atom is -0.389 e. The van der Waals surface area contributed by atoms with E-state index in [1.54, 1.807) is 0 Å². The molecule has 0 radical (unpaired) electrons. The summed E-state index contributed by atoms with van der Waals surface area (Å²) in [7, 11) is 0. The number of benzene rings is 1. The van der Waals surface area contributed by atoms with Crippen LogP contribution in [0.3, 0.4) is 0 Å². The number of aliphatic hydroxyl groups is 2. The van der Waals surface area contributed by atoms with E-state index in [0.717, 1.165) is 10.0 Å². The molecule has 5 heteroatoms. The van der Waals surface area contributed by atoms with Gasteiger partial charge in [-0.05, 0) is 17.7 Å². The Balaban J connectivity index is 1.84. The molecule has 1 heterocycles. The fraction of sp³-hybridized carbons (Fsp3) is 0.500. The van der Waals surface area contributed by atoms with Gasteiger partial charge in [-0.1, -0.05) is 28.1 Å². The molecular formula is C12H16BrNO3. The highest BCUT2D eigenvalue weighted by Crippen LogP contribution is 2.16. The van der Waals surface area contributed by atoms with Crippen LogP contribution in [0, 0.1) is 0 Å². The lowest BCUT2D eigenvalue weighted by Gasteiger charge is -2.18. The average molecular weight is 302 g/mol. The Morgan fingerprint density at radius 3 is 2.65 bits per heavy atom. The number of nitrogens with one attached hydrogen (secondary N) is 1. The van der Waals surface area contributed by atoms with Crippen molar-refractivity contribution in [3.05, 3.63) is 34.3 Å². The standard InChI is InChI=1S/C12H16BrNO3/c13-9-3-1-8(2-4-9)11(15)5-14-10-6-17-7-12(10)16/h1-4,10-12,14-16H,5-7H2/t10-,11+,12+/m1/s1. The molecule has 1 aromatic rings. The third-order valence-electron chi connectivity index (χ3n) is 2.88. The minimum absolute atomic E-state index is 0.0832. The summed E-state index contributed by atoms with van der Waals surface area (Å²) in [5.41, 5.74) is 0.856. The van der Waals surface area contributed by atoms with Crippen LogP contribution in [0.4, 0.5) is 0 Å². The molecule has 0 saturated carbocycles. The van der Waals surface area contributed by atoms with Crippen LogP contribution in [0.2, 0.25) is 0 Å². The maximum atomic E-state index is 9.96. The number of hydrogen-bond donors (Lipinski definition) is 3. The summed E-state index contributed by atoms with van der Waals surface area (Å²) in [6.07, 6.45) is -1.05. The van der Waals surface area contributed by atoms with E-state index in [9.17, 15) is 10.2 Å². The second-order valence-corrected chi connectivity index (χ2v) is 5.10. The number of aliphatic hydroxyl groups excluding tert-OH is 2. The predicted octanol–water partition coefficient (Wildman–Crippen LogP) is 0.832. The van der Waals surface area contributed by atoms with Crippen molar-refractivity contribution in [3.63, 3.8) is 0 Å². The molecule has 1 fully saturated rings. The van der Waals surface area contributed by atoms with Crippen molar-refractivity contribution >= 4 is 15.9 Å². The topological polar surface area (TPSA) is 61.7 Å². The molecule has 3 atom stereocenters. The summed E-state index contributed by atoms with van der Waals surface area (Å²) in [4.78, 5) is 0. The highest BCUT2D eigenvalue weighted by atomic mass is 79.9. The smallest absolute Gasteiger partial charge is 0.0948 e. The zero-order valence-corrected chi connectivity index (χ0v) is 10.9. The number of hydrogen-bond acceptors (Lipinski definition) is 4. The lowest BCUT2D eigenvalue weighted by molar-refractivity contribution is 0.118. The van der Waals surface area contributed by atoms with Crippen LogP contribution in [0.15, 0.2) is 28.7 Å². The fourth-order valence-electron chi connectivity index (χ4n) is 1.80. The van der Waals surface area contributed by atoms with E-state index in [0.29, 0.717) is 19.8 Å². The lowest BCUT2D eigenvalue weighted by Crippen LogP contribution is -2.40. The first kappa shape index (κ1) is 13.0. The maximum absolute atomic E-state index is 9.96. The Labute approximate surface area is 109 Å². The average Bonchev–Trinajstić information content (AvgIpc) is 2.73. The normalized spacial score (nSPS) is 26.1. The molecule has 1 aliphatic rings. The minimum atomic E-state index is -0.573. The van der Waals surface area contributed by atoms with Gasteiger partial charge in [-0.2, -0.15) is 0 Å². The van der Waals surface area contributed by atoms with Crippen LogP contribution < -0.4 is 5.32 Å². The van der Waals surface area contributed by atoms with Gasteiger partial charge in [-0.25, -0.2) is 0 Å². The van der Waals surface area contributed by atoms with Crippen LogP contribution in [-0.2, 0) is 4.74 Å². The highest BCUT2D eigenvalue weighted by molar-refractivity contribution is 9.10. The van der Waals surface area contributed by atoms with Crippen LogP contribution in [0.5, 0.6) is 0 Å². The zero-order chi connectivity index (χ0) is 12.3. The summed E-state index contributed by atoms with van der Waals surface area (Å²) in [6, 6.07) is 7.45. The fourth-order valence-corrected chi connectivity index (χ4v) is 2.07. The Hall–Kier alpha value is -0.460. The van der Waals surface area contributed by atoms with E-state index in [2.05, 4.69) is 21.2 Å². The van der Waals surface area contributed by atoms with E-state index in [1.165, 1.54) is 0 Å². The molecule has 0 unspecified atom stereocenters. The molecule has 3 N–H and O–H groups in total. The summed E-state index contributed by atoms with van der Waals surface area (Å²) in [6.45, 7) is 1.27. The SMILES string of the molecule is O[C@@H](CN[C@@H]1COC[C@@H]1O)c1ccc(Br)cc1. The third-order valence-corrected chi connectivity index (χ3v) is 3.41. The molecule has 1 aliphatic heterocycles. The number of ether oxygens (including phenoxy) is 1. The molecule has 1 saturated heterocycles. The molecular weight excluding hydrogens is 286 g/mol. The molecule has 4 nitrogen and oxygen atoms in total. The summed E-state index contributed by atoms with van der Waals surface area (Å²) >= 11 is 3.35. The Bertz CT molecular complexity index is 357. The van der Waals surface area contributed by atoms with E-state index in [-0.39, 0.29) is 6.04 Å². The van der Waals surface area contributed by atoms with Gasteiger partial charge in [-0.15, -0.1) is 0 Å². The van der Waals surface area contributed by atoms with Crippen molar-refractivity contribution in [2.75, 3.05) is 19.8 Å². The lowest BCUT2D eigenvalue weighted by atomic mass is 10.1.